The zero-order valence-corrected chi connectivity index (χ0v) is 16.8. The summed E-state index contributed by atoms with van der Waals surface area (Å²) in [4.78, 5) is 28.1. The number of pyridine rings is 1. The van der Waals surface area contributed by atoms with E-state index in [2.05, 4.69) is 10.3 Å². The standard InChI is InChI=1S/C22H20FN3O3S/c23-14-30-21(27)13-29-20-6-2-5-18(19(20)12-24)15-3-1-4-16(11-15)22(28)26-17-7-9-25-10-8-17/h1-11H,12-14,24H2,(H,25,26,28). The Kier molecular flexibility index (Phi) is 7.53. The van der Waals surface area contributed by atoms with E-state index in [-0.39, 0.29) is 19.1 Å². The van der Waals surface area contributed by atoms with Crippen LogP contribution in [0.25, 0.3) is 11.1 Å². The summed E-state index contributed by atoms with van der Waals surface area (Å²) in [5.41, 5.74) is 9.34. The van der Waals surface area contributed by atoms with Gasteiger partial charge in [0.15, 0.2) is 6.61 Å². The molecule has 0 aliphatic heterocycles. The molecule has 0 radical (unpaired) electrons. The minimum Gasteiger partial charge on any atom is -0.485 e. The molecule has 154 valence electrons. The molecule has 1 aromatic heterocycles. The molecule has 3 N–H and O–H groups in total. The fourth-order valence-electron chi connectivity index (χ4n) is 2.89. The van der Waals surface area contributed by atoms with Gasteiger partial charge in [-0.15, -0.1) is 0 Å². The second kappa shape index (κ2) is 10.5. The molecule has 0 fully saturated rings. The van der Waals surface area contributed by atoms with Crippen LogP contribution in [0.5, 0.6) is 5.75 Å². The number of carbonyl (C=O) groups is 2. The topological polar surface area (TPSA) is 94.3 Å². The lowest BCUT2D eigenvalue weighted by Crippen LogP contribution is -2.12. The maximum absolute atomic E-state index is 12.6. The van der Waals surface area contributed by atoms with E-state index in [1.165, 1.54) is 0 Å². The molecule has 0 aliphatic rings. The minimum atomic E-state index is -0.791. The maximum Gasteiger partial charge on any atom is 0.255 e. The predicted molar refractivity (Wildman–Crippen MR) is 116 cm³/mol. The van der Waals surface area contributed by atoms with Crippen molar-refractivity contribution in [1.29, 1.82) is 0 Å². The summed E-state index contributed by atoms with van der Waals surface area (Å²) >= 11 is 0.560. The van der Waals surface area contributed by atoms with E-state index < -0.39 is 11.1 Å². The molecule has 0 unspecified atom stereocenters. The van der Waals surface area contributed by atoms with Crippen molar-refractivity contribution in [2.75, 3.05) is 17.9 Å². The highest BCUT2D eigenvalue weighted by Crippen LogP contribution is 2.31. The monoisotopic (exact) mass is 425 g/mol. The van der Waals surface area contributed by atoms with Crippen LogP contribution in [0.3, 0.4) is 0 Å². The molecule has 3 rings (SSSR count). The van der Waals surface area contributed by atoms with Gasteiger partial charge in [0.2, 0.25) is 5.12 Å². The van der Waals surface area contributed by atoms with Crippen LogP contribution in [-0.2, 0) is 11.3 Å². The number of thioether (sulfide) groups is 1. The van der Waals surface area contributed by atoms with E-state index in [1.807, 2.05) is 12.1 Å². The highest BCUT2D eigenvalue weighted by Gasteiger charge is 2.14. The number of nitrogens with two attached hydrogens (primary N) is 1. The number of alkyl halides is 1. The first-order chi connectivity index (χ1) is 14.6. The van der Waals surface area contributed by atoms with Gasteiger partial charge in [-0.3, -0.25) is 14.6 Å². The number of halogens is 1. The van der Waals surface area contributed by atoms with Crippen LogP contribution in [0.1, 0.15) is 15.9 Å². The summed E-state index contributed by atoms with van der Waals surface area (Å²) in [5.74, 6) is 0.202. The van der Waals surface area contributed by atoms with Gasteiger partial charge in [-0.2, -0.15) is 0 Å². The summed E-state index contributed by atoms with van der Waals surface area (Å²) in [7, 11) is 0. The van der Waals surface area contributed by atoms with Crippen molar-refractivity contribution in [2.45, 2.75) is 6.54 Å². The van der Waals surface area contributed by atoms with Crippen LogP contribution in [-0.4, -0.2) is 28.6 Å². The van der Waals surface area contributed by atoms with E-state index in [9.17, 15) is 14.0 Å². The van der Waals surface area contributed by atoms with Crippen molar-refractivity contribution in [3.8, 4) is 16.9 Å². The van der Waals surface area contributed by atoms with Gasteiger partial charge in [-0.25, -0.2) is 4.39 Å². The van der Waals surface area contributed by atoms with Gasteiger partial charge < -0.3 is 15.8 Å². The Morgan fingerprint density at radius 3 is 2.60 bits per heavy atom. The average Bonchev–Trinajstić information content (AvgIpc) is 2.78. The summed E-state index contributed by atoms with van der Waals surface area (Å²) in [6.07, 6.45) is 3.20. The fraction of sp³-hybridized carbons (Fsp3) is 0.136. The molecule has 8 heteroatoms. The highest BCUT2D eigenvalue weighted by atomic mass is 32.2. The van der Waals surface area contributed by atoms with Crippen molar-refractivity contribution >= 4 is 28.5 Å². The van der Waals surface area contributed by atoms with E-state index >= 15 is 0 Å². The summed E-state index contributed by atoms with van der Waals surface area (Å²) in [6.45, 7) is -0.0805. The normalized spacial score (nSPS) is 10.5. The van der Waals surface area contributed by atoms with Crippen LogP contribution in [0.4, 0.5) is 10.1 Å². The minimum absolute atomic E-state index is 0.170. The van der Waals surface area contributed by atoms with Gasteiger partial charge in [0.25, 0.3) is 5.91 Å². The third-order valence-electron chi connectivity index (χ3n) is 4.27. The molecule has 3 aromatic rings. The molecule has 1 heterocycles. The van der Waals surface area contributed by atoms with Crippen molar-refractivity contribution in [3.63, 3.8) is 0 Å². The lowest BCUT2D eigenvalue weighted by molar-refractivity contribution is -0.112. The first kappa shape index (κ1) is 21.5. The number of anilines is 1. The summed E-state index contributed by atoms with van der Waals surface area (Å²) in [6, 6.07) is 15.1. The predicted octanol–water partition coefficient (Wildman–Crippen LogP) is 4.03. The smallest absolute Gasteiger partial charge is 0.255 e. The molecule has 0 bridgehead atoms. The molecule has 6 nitrogen and oxygen atoms in total. The van der Waals surface area contributed by atoms with Crippen LogP contribution < -0.4 is 15.8 Å². The number of aromatic nitrogens is 1. The first-order valence-corrected chi connectivity index (χ1v) is 10.1. The number of nitrogens with zero attached hydrogens (tertiary/aromatic N) is 1. The molecular weight excluding hydrogens is 405 g/mol. The van der Waals surface area contributed by atoms with Gasteiger partial charge in [-0.1, -0.05) is 36.0 Å². The Balaban J connectivity index is 1.85. The molecule has 0 aliphatic carbocycles. The van der Waals surface area contributed by atoms with Gasteiger partial charge in [0.1, 0.15) is 11.8 Å². The molecule has 0 atom stereocenters. The van der Waals surface area contributed by atoms with Crippen LogP contribution >= 0.6 is 11.8 Å². The van der Waals surface area contributed by atoms with Crippen molar-refractivity contribution < 1.29 is 18.7 Å². The highest BCUT2D eigenvalue weighted by molar-refractivity contribution is 8.13. The number of benzene rings is 2. The van der Waals surface area contributed by atoms with Crippen LogP contribution in [0.2, 0.25) is 0 Å². The molecule has 0 saturated carbocycles. The zero-order chi connectivity index (χ0) is 21.3. The van der Waals surface area contributed by atoms with E-state index in [1.54, 1.807) is 54.9 Å². The van der Waals surface area contributed by atoms with Crippen molar-refractivity contribution in [3.05, 3.63) is 78.1 Å². The Hall–Kier alpha value is -3.23. The van der Waals surface area contributed by atoms with Crippen LogP contribution in [0, 0.1) is 0 Å². The molecular formula is C22H20FN3O3S. The third-order valence-corrected chi connectivity index (χ3v) is 4.82. The third kappa shape index (κ3) is 5.43. The van der Waals surface area contributed by atoms with Gasteiger partial charge >= 0.3 is 0 Å². The molecule has 0 saturated heterocycles. The SMILES string of the molecule is NCc1c(OCC(=O)SCF)cccc1-c1cccc(C(=O)Nc2ccncc2)c1. The fourth-order valence-corrected chi connectivity index (χ4v) is 3.15. The Bertz CT molecular complexity index is 1030. The van der Waals surface area contributed by atoms with Crippen LogP contribution in [0.15, 0.2) is 67.0 Å². The number of carbonyl (C=O) groups excluding carboxylic acids is 2. The zero-order valence-electron chi connectivity index (χ0n) is 16.0. The van der Waals surface area contributed by atoms with E-state index in [0.29, 0.717) is 34.3 Å². The number of hydrogen-bond donors (Lipinski definition) is 2. The maximum atomic E-state index is 12.6. The largest absolute Gasteiger partial charge is 0.485 e. The quantitative estimate of drug-likeness (QED) is 0.566. The van der Waals surface area contributed by atoms with Gasteiger partial charge in [0, 0.05) is 35.8 Å². The lowest BCUT2D eigenvalue weighted by atomic mass is 9.97. The number of nitrogens with one attached hydrogen (secondary N) is 1. The number of rotatable bonds is 8. The average molecular weight is 425 g/mol. The Morgan fingerprint density at radius 2 is 1.87 bits per heavy atom. The van der Waals surface area contributed by atoms with Gasteiger partial charge in [0.05, 0.1) is 0 Å². The number of ether oxygens (including phenoxy) is 1. The Labute approximate surface area is 177 Å². The van der Waals surface area contributed by atoms with E-state index in [0.717, 1.165) is 11.1 Å². The van der Waals surface area contributed by atoms with Crippen molar-refractivity contribution in [2.24, 2.45) is 5.73 Å². The molecule has 30 heavy (non-hydrogen) atoms. The van der Waals surface area contributed by atoms with E-state index in [4.69, 9.17) is 10.5 Å². The second-order valence-corrected chi connectivity index (χ2v) is 7.13. The molecule has 2 aromatic carbocycles. The summed E-state index contributed by atoms with van der Waals surface area (Å²) < 4.78 is 17.8. The second-order valence-electron chi connectivity index (χ2n) is 6.17. The number of amides is 1. The molecule has 0 spiro atoms. The first-order valence-electron chi connectivity index (χ1n) is 9.10. The van der Waals surface area contributed by atoms with Crippen molar-refractivity contribution in [1.82, 2.24) is 4.98 Å². The lowest BCUT2D eigenvalue weighted by Gasteiger charge is -2.15. The Morgan fingerprint density at radius 1 is 1.10 bits per heavy atom. The summed E-state index contributed by atoms with van der Waals surface area (Å²) in [5, 5.41) is 2.42. The van der Waals surface area contributed by atoms with Gasteiger partial charge in [-0.05, 0) is 41.5 Å². The molecule has 1 amide bonds. The number of hydrogen-bond acceptors (Lipinski definition) is 6.